The van der Waals surface area contributed by atoms with E-state index >= 15 is 0 Å². The van der Waals surface area contributed by atoms with E-state index in [0.29, 0.717) is 43.2 Å². The van der Waals surface area contributed by atoms with Gasteiger partial charge in [-0.1, -0.05) is 39.7 Å². The lowest BCUT2D eigenvalue weighted by molar-refractivity contribution is 0.495. The fourth-order valence-electron chi connectivity index (χ4n) is 4.33. The molecule has 1 unspecified atom stereocenters. The Morgan fingerprint density at radius 3 is 2.61 bits per heavy atom. The molecule has 8 nitrogen and oxygen atoms in total. The molecule has 1 aromatic carbocycles. The molecule has 0 bridgehead atoms. The molecule has 33 heavy (non-hydrogen) atoms. The van der Waals surface area contributed by atoms with Gasteiger partial charge in [0.1, 0.15) is 0 Å². The topological polar surface area (TPSA) is 91.1 Å². The highest BCUT2D eigenvalue weighted by molar-refractivity contribution is 9.10. The molecule has 0 aliphatic carbocycles. The maximum absolute atomic E-state index is 13.6. The third-order valence-corrected chi connectivity index (χ3v) is 6.70. The average Bonchev–Trinajstić information content (AvgIpc) is 3.17. The summed E-state index contributed by atoms with van der Waals surface area (Å²) in [6.45, 7) is 6.39. The lowest BCUT2D eigenvalue weighted by Crippen LogP contribution is -2.44. The Hall–Kier alpha value is -2.65. The van der Waals surface area contributed by atoms with E-state index in [1.54, 1.807) is 7.05 Å². The number of hydrogen-bond acceptors (Lipinski definition) is 5. The quantitative estimate of drug-likeness (QED) is 0.510. The molecule has 2 N–H and O–H groups in total. The van der Waals surface area contributed by atoms with Gasteiger partial charge in [-0.25, -0.2) is 4.79 Å². The van der Waals surface area contributed by atoms with E-state index in [9.17, 15) is 9.59 Å². The van der Waals surface area contributed by atoms with Crippen molar-refractivity contribution in [3.8, 4) is 0 Å². The van der Waals surface area contributed by atoms with E-state index in [1.807, 2.05) is 42.7 Å². The highest BCUT2D eigenvalue weighted by atomic mass is 79.9. The second-order valence-electron chi connectivity index (χ2n) is 9.00. The van der Waals surface area contributed by atoms with Crippen LogP contribution in [0.3, 0.4) is 0 Å². The number of hydrogen-bond donors (Lipinski definition) is 1. The summed E-state index contributed by atoms with van der Waals surface area (Å²) >= 11 is 3.44. The smallest absolute Gasteiger partial charge is 0.332 e. The van der Waals surface area contributed by atoms with Crippen LogP contribution in [0.2, 0.25) is 0 Å². The summed E-state index contributed by atoms with van der Waals surface area (Å²) in [6.07, 6.45) is 4.62. The zero-order chi connectivity index (χ0) is 23.7. The minimum absolute atomic E-state index is 0.0712. The maximum Gasteiger partial charge on any atom is 0.332 e. The van der Waals surface area contributed by atoms with Gasteiger partial charge < -0.3 is 15.2 Å². The van der Waals surface area contributed by atoms with Gasteiger partial charge in [0.2, 0.25) is 5.95 Å². The zero-order valence-electron chi connectivity index (χ0n) is 19.4. The number of halogens is 1. The fourth-order valence-corrected chi connectivity index (χ4v) is 4.59. The molecule has 0 saturated carbocycles. The first-order valence-corrected chi connectivity index (χ1v) is 12.1. The lowest BCUT2D eigenvalue weighted by atomic mass is 10.1. The molecule has 0 amide bonds. The lowest BCUT2D eigenvalue weighted by Gasteiger charge is -2.31. The van der Waals surface area contributed by atoms with Gasteiger partial charge in [-0.05, 0) is 50.8 Å². The van der Waals surface area contributed by atoms with Gasteiger partial charge >= 0.3 is 5.69 Å². The number of fused-ring (bicyclic) bond motifs is 1. The van der Waals surface area contributed by atoms with Gasteiger partial charge in [0.05, 0.1) is 0 Å². The van der Waals surface area contributed by atoms with Crippen LogP contribution in [0.1, 0.15) is 32.3 Å². The summed E-state index contributed by atoms with van der Waals surface area (Å²) in [5.41, 5.74) is 8.67. The maximum atomic E-state index is 13.6. The second-order valence-corrected chi connectivity index (χ2v) is 9.91. The normalized spacial score (nSPS) is 16.4. The van der Waals surface area contributed by atoms with Crippen molar-refractivity contribution in [2.45, 2.75) is 52.2 Å². The van der Waals surface area contributed by atoms with Gasteiger partial charge in [-0.2, -0.15) is 4.98 Å². The van der Waals surface area contributed by atoms with Crippen molar-refractivity contribution in [2.75, 3.05) is 18.0 Å². The van der Waals surface area contributed by atoms with Gasteiger partial charge in [0.15, 0.2) is 11.2 Å². The van der Waals surface area contributed by atoms with Crippen LogP contribution in [0.4, 0.5) is 5.95 Å². The first-order chi connectivity index (χ1) is 15.8. The number of nitrogens with zero attached hydrogens (tertiary/aromatic N) is 5. The number of piperidine rings is 1. The third kappa shape index (κ3) is 4.84. The van der Waals surface area contributed by atoms with Crippen LogP contribution in [-0.2, 0) is 26.6 Å². The molecule has 1 aliphatic rings. The standard InChI is InChI=1S/C24H31BrN6O2/c1-16(2)10-13-30-20-21(27-23(30)29-12-4-5-19(26)15-29)28(3)24(33)31(22(20)32)14-11-17-6-8-18(25)9-7-17/h6-10,19H,4-5,11-15,26H2,1-3H3. The van der Waals surface area contributed by atoms with E-state index in [0.717, 1.165) is 35.0 Å². The van der Waals surface area contributed by atoms with Gasteiger partial charge in [-0.3, -0.25) is 13.9 Å². The Kier molecular flexibility index (Phi) is 6.90. The molecule has 1 aliphatic heterocycles. The van der Waals surface area contributed by atoms with E-state index in [2.05, 4.69) is 26.9 Å². The van der Waals surface area contributed by atoms with Gasteiger partial charge in [-0.15, -0.1) is 0 Å². The number of allylic oxidation sites excluding steroid dienone is 2. The number of anilines is 1. The molecule has 1 fully saturated rings. The Bertz CT molecular complexity index is 1300. The Morgan fingerprint density at radius 2 is 1.94 bits per heavy atom. The summed E-state index contributed by atoms with van der Waals surface area (Å²) in [6, 6.07) is 7.98. The van der Waals surface area contributed by atoms with Crippen LogP contribution in [0.25, 0.3) is 11.2 Å². The van der Waals surface area contributed by atoms with Crippen LogP contribution < -0.4 is 21.9 Å². The molecule has 1 atom stereocenters. The first-order valence-electron chi connectivity index (χ1n) is 11.3. The van der Waals surface area contributed by atoms with E-state index in [-0.39, 0.29) is 17.3 Å². The average molecular weight is 515 g/mol. The number of aryl methyl sites for hydroxylation is 2. The van der Waals surface area contributed by atoms with E-state index in [1.165, 1.54) is 9.13 Å². The summed E-state index contributed by atoms with van der Waals surface area (Å²) in [7, 11) is 1.68. The van der Waals surface area contributed by atoms with E-state index in [4.69, 9.17) is 10.7 Å². The number of benzene rings is 1. The predicted octanol–water partition coefficient (Wildman–Crippen LogP) is 2.80. The second kappa shape index (κ2) is 9.69. The molecule has 4 rings (SSSR count). The zero-order valence-corrected chi connectivity index (χ0v) is 21.0. The highest BCUT2D eigenvalue weighted by Crippen LogP contribution is 2.23. The first kappa shape index (κ1) is 23.5. The largest absolute Gasteiger partial charge is 0.341 e. The van der Waals surface area contributed by atoms with Crippen LogP contribution in [-0.4, -0.2) is 37.8 Å². The summed E-state index contributed by atoms with van der Waals surface area (Å²) < 4.78 is 5.76. The van der Waals surface area contributed by atoms with Crippen molar-refractivity contribution in [1.29, 1.82) is 0 Å². The minimum atomic E-state index is -0.349. The van der Waals surface area contributed by atoms with Crippen molar-refractivity contribution in [1.82, 2.24) is 18.7 Å². The summed E-state index contributed by atoms with van der Waals surface area (Å²) in [4.78, 5) is 33.7. The van der Waals surface area contributed by atoms with E-state index < -0.39 is 0 Å². The minimum Gasteiger partial charge on any atom is -0.341 e. The van der Waals surface area contributed by atoms with Crippen LogP contribution in [0.15, 0.2) is 50.0 Å². The Labute approximate surface area is 201 Å². The van der Waals surface area contributed by atoms with Crippen LogP contribution in [0, 0.1) is 0 Å². The number of aromatic nitrogens is 4. The van der Waals surface area contributed by atoms with Crippen molar-refractivity contribution in [3.05, 3.63) is 66.8 Å². The highest BCUT2D eigenvalue weighted by Gasteiger charge is 2.26. The molecule has 3 aromatic rings. The molecule has 176 valence electrons. The van der Waals surface area contributed by atoms with Crippen LogP contribution in [0.5, 0.6) is 0 Å². The van der Waals surface area contributed by atoms with Crippen LogP contribution >= 0.6 is 15.9 Å². The summed E-state index contributed by atoms with van der Waals surface area (Å²) in [5, 5.41) is 0. The van der Waals surface area contributed by atoms with Crippen molar-refractivity contribution in [2.24, 2.45) is 12.8 Å². The molecule has 2 aromatic heterocycles. The number of nitrogens with two attached hydrogens (primary N) is 1. The fraction of sp³-hybridized carbons (Fsp3) is 0.458. The van der Waals surface area contributed by atoms with Gasteiger partial charge in [0.25, 0.3) is 5.56 Å². The predicted molar refractivity (Wildman–Crippen MR) is 136 cm³/mol. The number of imidazole rings is 1. The number of rotatable bonds is 6. The Balaban J connectivity index is 1.83. The Morgan fingerprint density at radius 1 is 1.21 bits per heavy atom. The molecule has 0 radical (unpaired) electrons. The van der Waals surface area contributed by atoms with Crippen molar-refractivity contribution >= 4 is 33.0 Å². The molecule has 3 heterocycles. The van der Waals surface area contributed by atoms with Crippen molar-refractivity contribution < 1.29 is 0 Å². The molecular formula is C24H31BrN6O2. The van der Waals surface area contributed by atoms with Crippen molar-refractivity contribution in [3.63, 3.8) is 0 Å². The SMILES string of the molecule is CC(C)=CCn1c(N2CCCC(N)C2)nc2c1c(=O)n(CCc1ccc(Br)cc1)c(=O)n2C. The summed E-state index contributed by atoms with van der Waals surface area (Å²) in [5.74, 6) is 0.704. The third-order valence-electron chi connectivity index (χ3n) is 6.17. The monoisotopic (exact) mass is 514 g/mol. The molecular weight excluding hydrogens is 484 g/mol. The molecule has 1 saturated heterocycles. The van der Waals surface area contributed by atoms with Gasteiger partial charge in [0, 0.05) is 43.7 Å². The molecule has 0 spiro atoms. The molecule has 9 heteroatoms.